The van der Waals surface area contributed by atoms with E-state index in [-0.39, 0.29) is 12.2 Å². The van der Waals surface area contributed by atoms with Crippen molar-refractivity contribution >= 4 is 28.2 Å². The van der Waals surface area contributed by atoms with E-state index >= 15 is 0 Å². The number of pyridine rings is 1. The lowest BCUT2D eigenvalue weighted by Gasteiger charge is -2.01. The average molecular weight is 269 g/mol. The van der Waals surface area contributed by atoms with E-state index in [1.165, 1.54) is 0 Å². The molecule has 0 spiro atoms. The monoisotopic (exact) mass is 269 g/mol. The summed E-state index contributed by atoms with van der Waals surface area (Å²) in [6.07, 6.45) is 0.287. The Morgan fingerprint density at radius 2 is 2.05 bits per heavy atom. The maximum absolute atomic E-state index is 12.1. The Morgan fingerprint density at radius 1 is 1.21 bits per heavy atom. The van der Waals surface area contributed by atoms with Crippen molar-refractivity contribution in [3.8, 4) is 0 Å². The SMILES string of the molecule is Cc1nnsc1C(=O)Cc1ccc2ccccc2n1. The van der Waals surface area contributed by atoms with Crippen LogP contribution in [-0.2, 0) is 6.42 Å². The summed E-state index contributed by atoms with van der Waals surface area (Å²) >= 11 is 1.14. The smallest absolute Gasteiger partial charge is 0.182 e. The van der Waals surface area contributed by atoms with Gasteiger partial charge in [0.15, 0.2) is 5.78 Å². The predicted molar refractivity (Wildman–Crippen MR) is 74.4 cm³/mol. The molecule has 2 aromatic heterocycles. The summed E-state index contributed by atoms with van der Waals surface area (Å²) in [6, 6.07) is 11.8. The number of carbonyl (C=O) groups is 1. The minimum Gasteiger partial charge on any atom is -0.293 e. The van der Waals surface area contributed by atoms with E-state index in [2.05, 4.69) is 14.6 Å². The summed E-state index contributed by atoms with van der Waals surface area (Å²) in [7, 11) is 0. The number of hydrogen-bond donors (Lipinski definition) is 0. The molecule has 94 valence electrons. The van der Waals surface area contributed by atoms with Crippen LogP contribution in [0.5, 0.6) is 0 Å². The molecule has 0 saturated heterocycles. The average Bonchev–Trinajstić information content (AvgIpc) is 2.85. The van der Waals surface area contributed by atoms with Crippen molar-refractivity contribution < 1.29 is 4.79 Å². The van der Waals surface area contributed by atoms with Crippen molar-refractivity contribution in [1.29, 1.82) is 0 Å². The highest BCUT2D eigenvalue weighted by Gasteiger charge is 2.14. The molecule has 0 saturated carbocycles. The zero-order valence-electron chi connectivity index (χ0n) is 10.3. The van der Waals surface area contributed by atoms with Crippen molar-refractivity contribution in [3.05, 3.63) is 52.7 Å². The molecule has 19 heavy (non-hydrogen) atoms. The summed E-state index contributed by atoms with van der Waals surface area (Å²) in [5.74, 6) is 0.0234. The summed E-state index contributed by atoms with van der Waals surface area (Å²) in [4.78, 5) is 17.2. The molecule has 0 aliphatic rings. The molecule has 0 atom stereocenters. The first kappa shape index (κ1) is 11.9. The molecular formula is C14H11N3OS. The summed E-state index contributed by atoms with van der Waals surface area (Å²) < 4.78 is 3.78. The van der Waals surface area contributed by atoms with Gasteiger partial charge in [-0.1, -0.05) is 28.8 Å². The van der Waals surface area contributed by atoms with Crippen LogP contribution in [0.1, 0.15) is 21.1 Å². The number of para-hydroxylation sites is 1. The number of benzene rings is 1. The lowest BCUT2D eigenvalue weighted by Crippen LogP contribution is -2.04. The van der Waals surface area contributed by atoms with Crippen LogP contribution in [0.15, 0.2) is 36.4 Å². The van der Waals surface area contributed by atoms with Crippen LogP contribution in [0.25, 0.3) is 10.9 Å². The predicted octanol–water partition coefficient (Wildman–Crippen LogP) is 2.82. The van der Waals surface area contributed by atoms with E-state index in [1.54, 1.807) is 6.92 Å². The van der Waals surface area contributed by atoms with Gasteiger partial charge in [-0.05, 0) is 30.6 Å². The maximum Gasteiger partial charge on any atom is 0.182 e. The van der Waals surface area contributed by atoms with Crippen LogP contribution < -0.4 is 0 Å². The first-order valence-corrected chi connectivity index (χ1v) is 6.68. The maximum atomic E-state index is 12.1. The molecule has 0 bridgehead atoms. The largest absolute Gasteiger partial charge is 0.293 e. The molecule has 0 aliphatic heterocycles. The van der Waals surface area contributed by atoms with Gasteiger partial charge in [0.05, 0.1) is 17.6 Å². The highest BCUT2D eigenvalue weighted by molar-refractivity contribution is 7.08. The van der Waals surface area contributed by atoms with Crippen molar-refractivity contribution in [3.63, 3.8) is 0 Å². The van der Waals surface area contributed by atoms with E-state index in [9.17, 15) is 4.79 Å². The second kappa shape index (κ2) is 4.85. The van der Waals surface area contributed by atoms with Gasteiger partial charge in [0.2, 0.25) is 0 Å². The Bertz CT molecular complexity index is 751. The zero-order valence-corrected chi connectivity index (χ0v) is 11.1. The molecule has 0 radical (unpaired) electrons. The molecule has 0 unspecified atom stereocenters. The van der Waals surface area contributed by atoms with E-state index in [1.807, 2.05) is 36.4 Å². The van der Waals surface area contributed by atoms with Gasteiger partial charge >= 0.3 is 0 Å². The highest BCUT2D eigenvalue weighted by Crippen LogP contribution is 2.15. The molecule has 4 nitrogen and oxygen atoms in total. The van der Waals surface area contributed by atoms with E-state index in [0.717, 1.165) is 28.1 Å². The van der Waals surface area contributed by atoms with Gasteiger partial charge in [0, 0.05) is 11.1 Å². The molecule has 0 fully saturated rings. The molecule has 5 heteroatoms. The third-order valence-corrected chi connectivity index (χ3v) is 3.77. The van der Waals surface area contributed by atoms with E-state index < -0.39 is 0 Å². The van der Waals surface area contributed by atoms with Gasteiger partial charge in [-0.15, -0.1) is 5.10 Å². The lowest BCUT2D eigenvalue weighted by atomic mass is 10.1. The van der Waals surface area contributed by atoms with E-state index in [4.69, 9.17) is 0 Å². The number of hydrogen-bond acceptors (Lipinski definition) is 5. The summed E-state index contributed by atoms with van der Waals surface area (Å²) in [6.45, 7) is 1.80. The van der Waals surface area contributed by atoms with Crippen LogP contribution in [0.4, 0.5) is 0 Å². The topological polar surface area (TPSA) is 55.7 Å². The van der Waals surface area contributed by atoms with Crippen LogP contribution in [0.2, 0.25) is 0 Å². The van der Waals surface area contributed by atoms with Gasteiger partial charge in [-0.2, -0.15) is 0 Å². The first-order chi connectivity index (χ1) is 9.24. The molecule has 3 aromatic rings. The normalized spacial score (nSPS) is 10.8. The second-order valence-electron chi connectivity index (χ2n) is 4.28. The third-order valence-electron chi connectivity index (χ3n) is 2.90. The van der Waals surface area contributed by atoms with Crippen LogP contribution in [-0.4, -0.2) is 20.4 Å². The lowest BCUT2D eigenvalue weighted by molar-refractivity contribution is 0.0995. The van der Waals surface area contributed by atoms with Crippen molar-refractivity contribution in [2.45, 2.75) is 13.3 Å². The quantitative estimate of drug-likeness (QED) is 0.686. The molecule has 0 aliphatic carbocycles. The van der Waals surface area contributed by atoms with Crippen LogP contribution in [0.3, 0.4) is 0 Å². The Morgan fingerprint density at radius 3 is 2.84 bits per heavy atom. The number of fused-ring (bicyclic) bond motifs is 1. The molecule has 1 aromatic carbocycles. The van der Waals surface area contributed by atoms with Crippen molar-refractivity contribution in [2.75, 3.05) is 0 Å². The minimum absolute atomic E-state index is 0.0234. The van der Waals surface area contributed by atoms with Gasteiger partial charge in [0.1, 0.15) is 4.88 Å². The molecule has 0 amide bonds. The van der Waals surface area contributed by atoms with Crippen molar-refractivity contribution in [2.24, 2.45) is 0 Å². The van der Waals surface area contributed by atoms with Gasteiger partial charge in [0.25, 0.3) is 0 Å². The number of aromatic nitrogens is 3. The molecule has 2 heterocycles. The Balaban J connectivity index is 1.89. The number of carbonyl (C=O) groups excluding carboxylic acids is 1. The fourth-order valence-electron chi connectivity index (χ4n) is 1.94. The highest BCUT2D eigenvalue weighted by atomic mass is 32.1. The molecule has 0 N–H and O–H groups in total. The number of aryl methyl sites for hydroxylation is 1. The summed E-state index contributed by atoms with van der Waals surface area (Å²) in [5, 5.41) is 4.93. The number of Topliss-reactive ketones (excluding diaryl/α,β-unsaturated/α-hetero) is 1. The molecule has 3 rings (SSSR count). The van der Waals surface area contributed by atoms with Gasteiger partial charge in [-0.25, -0.2) is 0 Å². The van der Waals surface area contributed by atoms with Gasteiger partial charge in [-0.3, -0.25) is 9.78 Å². The number of ketones is 1. The summed E-state index contributed by atoms with van der Waals surface area (Å²) in [5.41, 5.74) is 2.37. The standard InChI is InChI=1S/C14H11N3OS/c1-9-14(19-17-16-9)13(18)8-11-7-6-10-4-2-3-5-12(10)15-11/h2-7H,8H2,1H3. The fourth-order valence-corrected chi connectivity index (χ4v) is 2.53. The third kappa shape index (κ3) is 2.37. The minimum atomic E-state index is 0.0234. The van der Waals surface area contributed by atoms with Crippen molar-refractivity contribution in [1.82, 2.24) is 14.6 Å². The Hall–Kier alpha value is -2.14. The van der Waals surface area contributed by atoms with Crippen LogP contribution in [0, 0.1) is 6.92 Å². The number of rotatable bonds is 3. The number of nitrogens with zero attached hydrogens (tertiary/aromatic N) is 3. The molecular weight excluding hydrogens is 258 g/mol. The second-order valence-corrected chi connectivity index (χ2v) is 5.04. The van der Waals surface area contributed by atoms with Crippen LogP contribution >= 0.6 is 11.5 Å². The zero-order chi connectivity index (χ0) is 13.2. The first-order valence-electron chi connectivity index (χ1n) is 5.91. The van der Waals surface area contributed by atoms with E-state index in [0.29, 0.717) is 10.6 Å². The Kier molecular flexibility index (Phi) is 3.05. The van der Waals surface area contributed by atoms with Gasteiger partial charge < -0.3 is 0 Å². The Labute approximate surface area is 114 Å². The fraction of sp³-hybridized carbons (Fsp3) is 0.143.